The monoisotopic (exact) mass is 189 g/mol. The first-order valence-corrected chi connectivity index (χ1v) is 3.79. The van der Waals surface area contributed by atoms with Crippen LogP contribution in [0.2, 0.25) is 0 Å². The van der Waals surface area contributed by atoms with Crippen molar-refractivity contribution in [2.45, 2.75) is 0 Å². The van der Waals surface area contributed by atoms with Gasteiger partial charge in [0.2, 0.25) is 0 Å². The predicted molar refractivity (Wildman–Crippen MR) is 48.5 cm³/mol. The molecule has 0 aliphatic rings. The van der Waals surface area contributed by atoms with Gasteiger partial charge in [0, 0.05) is 11.1 Å². The quantitative estimate of drug-likeness (QED) is 0.670. The van der Waals surface area contributed by atoms with E-state index in [0.717, 1.165) is 0 Å². The number of ether oxygens (including phenoxy) is 1. The molecule has 0 aliphatic heterocycles. The van der Waals surface area contributed by atoms with Crippen molar-refractivity contribution in [2.75, 3.05) is 7.11 Å². The van der Waals surface area contributed by atoms with E-state index in [9.17, 15) is 9.59 Å². The SMILES string of the molecule is COc1cc(C#N)c(C=O)c(C=O)c1. The number of carbonyl (C=O) groups is 2. The fourth-order valence-electron chi connectivity index (χ4n) is 1.09. The summed E-state index contributed by atoms with van der Waals surface area (Å²) in [5.74, 6) is 0.384. The topological polar surface area (TPSA) is 67.2 Å². The molecule has 0 aromatic heterocycles. The van der Waals surface area contributed by atoms with Gasteiger partial charge in [-0.3, -0.25) is 9.59 Å². The molecule has 0 N–H and O–H groups in total. The number of benzene rings is 1. The molecular formula is C10H7NO3. The van der Waals surface area contributed by atoms with E-state index in [-0.39, 0.29) is 16.7 Å². The van der Waals surface area contributed by atoms with Crippen LogP contribution in [0.15, 0.2) is 12.1 Å². The minimum Gasteiger partial charge on any atom is -0.497 e. The summed E-state index contributed by atoms with van der Waals surface area (Å²) in [6.45, 7) is 0. The number of rotatable bonds is 3. The molecule has 1 rings (SSSR count). The van der Waals surface area contributed by atoms with Gasteiger partial charge in [0.15, 0.2) is 12.6 Å². The molecule has 1 aromatic rings. The van der Waals surface area contributed by atoms with Crippen LogP contribution in [0.25, 0.3) is 0 Å². The summed E-state index contributed by atoms with van der Waals surface area (Å²) < 4.78 is 4.87. The van der Waals surface area contributed by atoms with Gasteiger partial charge in [0.1, 0.15) is 11.8 Å². The maximum Gasteiger partial charge on any atom is 0.152 e. The van der Waals surface area contributed by atoms with E-state index in [1.165, 1.54) is 19.2 Å². The normalized spacial score (nSPS) is 8.86. The lowest BCUT2D eigenvalue weighted by molar-refractivity contribution is 0.109. The molecule has 0 saturated heterocycles. The lowest BCUT2D eigenvalue weighted by Crippen LogP contribution is -1.97. The van der Waals surface area contributed by atoms with E-state index in [1.54, 1.807) is 0 Å². The molecule has 1 aromatic carbocycles. The highest BCUT2D eigenvalue weighted by molar-refractivity contribution is 5.93. The third-order valence-electron chi connectivity index (χ3n) is 1.79. The summed E-state index contributed by atoms with van der Waals surface area (Å²) in [5, 5.41) is 8.71. The van der Waals surface area contributed by atoms with E-state index in [1.807, 2.05) is 6.07 Å². The van der Waals surface area contributed by atoms with Crippen LogP contribution in [0.3, 0.4) is 0 Å². The molecule has 70 valence electrons. The first-order valence-electron chi connectivity index (χ1n) is 3.79. The molecule has 0 heterocycles. The third-order valence-corrected chi connectivity index (χ3v) is 1.79. The van der Waals surface area contributed by atoms with Crippen molar-refractivity contribution in [3.8, 4) is 11.8 Å². The van der Waals surface area contributed by atoms with Crippen LogP contribution in [0.1, 0.15) is 26.3 Å². The number of hydrogen-bond donors (Lipinski definition) is 0. The van der Waals surface area contributed by atoms with E-state index in [4.69, 9.17) is 10.00 Å². The van der Waals surface area contributed by atoms with E-state index in [2.05, 4.69) is 0 Å². The van der Waals surface area contributed by atoms with Crippen molar-refractivity contribution < 1.29 is 14.3 Å². The summed E-state index contributed by atoms with van der Waals surface area (Å²) >= 11 is 0. The van der Waals surface area contributed by atoms with Crippen LogP contribution in [0.5, 0.6) is 5.75 Å². The lowest BCUT2D eigenvalue weighted by Gasteiger charge is -2.04. The Labute approximate surface area is 80.7 Å². The molecule has 0 radical (unpaired) electrons. The Balaban J connectivity index is 3.48. The molecule has 0 spiro atoms. The van der Waals surface area contributed by atoms with Gasteiger partial charge in [0.25, 0.3) is 0 Å². The Morgan fingerprint density at radius 1 is 1.36 bits per heavy atom. The smallest absolute Gasteiger partial charge is 0.152 e. The minimum atomic E-state index is 0.100. The summed E-state index contributed by atoms with van der Waals surface area (Å²) in [4.78, 5) is 21.2. The maximum atomic E-state index is 10.6. The van der Waals surface area contributed by atoms with Gasteiger partial charge in [-0.25, -0.2) is 0 Å². The molecule has 14 heavy (non-hydrogen) atoms. The highest BCUT2D eigenvalue weighted by Gasteiger charge is 2.09. The van der Waals surface area contributed by atoms with E-state index in [0.29, 0.717) is 18.3 Å². The minimum absolute atomic E-state index is 0.100. The zero-order valence-corrected chi connectivity index (χ0v) is 7.48. The zero-order valence-electron chi connectivity index (χ0n) is 7.48. The van der Waals surface area contributed by atoms with E-state index < -0.39 is 0 Å². The van der Waals surface area contributed by atoms with Crippen LogP contribution < -0.4 is 4.74 Å². The predicted octanol–water partition coefficient (Wildman–Crippen LogP) is 1.19. The van der Waals surface area contributed by atoms with Crippen molar-refractivity contribution in [1.82, 2.24) is 0 Å². The van der Waals surface area contributed by atoms with Crippen molar-refractivity contribution in [3.63, 3.8) is 0 Å². The molecule has 0 bridgehead atoms. The average molecular weight is 189 g/mol. The van der Waals surface area contributed by atoms with Crippen molar-refractivity contribution >= 4 is 12.6 Å². The fraction of sp³-hybridized carbons (Fsp3) is 0.100. The summed E-state index contributed by atoms with van der Waals surface area (Å²) in [6.07, 6.45) is 1.01. The van der Waals surface area contributed by atoms with Crippen LogP contribution >= 0.6 is 0 Å². The van der Waals surface area contributed by atoms with Crippen molar-refractivity contribution in [3.05, 3.63) is 28.8 Å². The van der Waals surface area contributed by atoms with Crippen LogP contribution in [-0.4, -0.2) is 19.7 Å². The number of methoxy groups -OCH3 is 1. The average Bonchev–Trinajstić information content (AvgIpc) is 2.26. The second-order valence-electron chi connectivity index (χ2n) is 2.53. The Hall–Kier alpha value is -2.15. The summed E-state index contributed by atoms with van der Waals surface area (Å²) in [5.41, 5.74) is 0.403. The Bertz CT molecular complexity index is 418. The maximum absolute atomic E-state index is 10.6. The number of aldehydes is 2. The fourth-order valence-corrected chi connectivity index (χ4v) is 1.09. The second kappa shape index (κ2) is 4.19. The van der Waals surface area contributed by atoms with Crippen molar-refractivity contribution in [2.24, 2.45) is 0 Å². The van der Waals surface area contributed by atoms with Crippen LogP contribution in [0.4, 0.5) is 0 Å². The second-order valence-corrected chi connectivity index (χ2v) is 2.53. The van der Waals surface area contributed by atoms with Crippen molar-refractivity contribution in [1.29, 1.82) is 5.26 Å². The molecule has 4 nitrogen and oxygen atoms in total. The van der Waals surface area contributed by atoms with Gasteiger partial charge in [-0.05, 0) is 12.1 Å². The largest absolute Gasteiger partial charge is 0.497 e. The molecule has 0 aliphatic carbocycles. The zero-order chi connectivity index (χ0) is 10.6. The van der Waals surface area contributed by atoms with Crippen LogP contribution in [0, 0.1) is 11.3 Å². The highest BCUT2D eigenvalue weighted by Crippen LogP contribution is 2.19. The first-order chi connectivity index (χ1) is 6.76. The molecule has 4 heteroatoms. The number of carbonyl (C=O) groups excluding carboxylic acids is 2. The van der Waals surface area contributed by atoms with Gasteiger partial charge in [-0.15, -0.1) is 0 Å². The van der Waals surface area contributed by atoms with Crippen LogP contribution in [-0.2, 0) is 0 Å². The molecular weight excluding hydrogens is 182 g/mol. The number of hydrogen-bond acceptors (Lipinski definition) is 4. The molecule has 0 unspecified atom stereocenters. The van der Waals surface area contributed by atoms with Gasteiger partial charge in [-0.2, -0.15) is 5.26 Å². The lowest BCUT2D eigenvalue weighted by atomic mass is 10.0. The molecule has 0 amide bonds. The molecule has 0 atom stereocenters. The first kappa shape index (κ1) is 9.93. The van der Waals surface area contributed by atoms with Gasteiger partial charge in [0.05, 0.1) is 12.7 Å². The summed E-state index contributed by atoms with van der Waals surface area (Å²) in [7, 11) is 1.42. The molecule has 0 fully saturated rings. The Morgan fingerprint density at radius 3 is 2.50 bits per heavy atom. The summed E-state index contributed by atoms with van der Waals surface area (Å²) in [6, 6.07) is 4.65. The Kier molecular flexibility index (Phi) is 2.97. The Morgan fingerprint density at radius 2 is 2.07 bits per heavy atom. The standard InChI is InChI=1S/C10H7NO3/c1-14-9-2-7(4-11)10(6-13)8(3-9)5-12/h2-3,5-6H,1H3. The van der Waals surface area contributed by atoms with Gasteiger partial charge < -0.3 is 4.74 Å². The molecule has 0 saturated carbocycles. The number of nitriles is 1. The van der Waals surface area contributed by atoms with E-state index >= 15 is 0 Å². The third kappa shape index (κ3) is 1.62. The van der Waals surface area contributed by atoms with Gasteiger partial charge >= 0.3 is 0 Å². The highest BCUT2D eigenvalue weighted by atomic mass is 16.5. The number of nitrogens with zero attached hydrogens (tertiary/aromatic N) is 1. The van der Waals surface area contributed by atoms with Gasteiger partial charge in [-0.1, -0.05) is 0 Å².